The Kier molecular flexibility index (Phi) is 4.13. The van der Waals surface area contributed by atoms with Crippen molar-refractivity contribution in [2.45, 2.75) is 40.0 Å². The summed E-state index contributed by atoms with van der Waals surface area (Å²) in [5.74, 6) is 1.07. The van der Waals surface area contributed by atoms with Gasteiger partial charge in [-0.05, 0) is 23.8 Å². The van der Waals surface area contributed by atoms with Gasteiger partial charge in [0.1, 0.15) is 13.7 Å². The maximum absolute atomic E-state index is 5.68. The average Bonchev–Trinajstić information content (AvgIpc) is 2.73. The molecule has 0 aliphatic heterocycles. The Labute approximate surface area is 117 Å². The van der Waals surface area contributed by atoms with Crippen LogP contribution >= 0.6 is 0 Å². The molecule has 0 aliphatic rings. The minimum Gasteiger partial charge on any atom is -0.346 e. The van der Waals surface area contributed by atoms with Crippen LogP contribution in [0, 0.1) is 5.41 Å². The summed E-state index contributed by atoms with van der Waals surface area (Å²) < 4.78 is 0. The number of benzene rings is 1. The van der Waals surface area contributed by atoms with E-state index in [4.69, 9.17) is 7.85 Å². The second-order valence-corrected chi connectivity index (χ2v) is 6.33. The Morgan fingerprint density at radius 1 is 1.11 bits per heavy atom. The van der Waals surface area contributed by atoms with Gasteiger partial charge in [-0.25, -0.2) is 4.98 Å². The number of nitrogens with zero attached hydrogens (tertiary/aromatic N) is 1. The molecule has 3 heteroatoms. The fourth-order valence-corrected chi connectivity index (χ4v) is 2.14. The van der Waals surface area contributed by atoms with E-state index < -0.39 is 0 Å². The van der Waals surface area contributed by atoms with Crippen molar-refractivity contribution < 1.29 is 0 Å². The van der Waals surface area contributed by atoms with Crippen LogP contribution in [0.4, 0.5) is 0 Å². The van der Waals surface area contributed by atoms with Crippen LogP contribution in [-0.2, 0) is 19.3 Å². The van der Waals surface area contributed by atoms with Crippen molar-refractivity contribution >= 4 is 13.3 Å². The molecule has 2 radical (unpaired) electrons. The quantitative estimate of drug-likeness (QED) is 0.832. The highest BCUT2D eigenvalue weighted by atomic mass is 14.9. The van der Waals surface area contributed by atoms with Gasteiger partial charge in [-0.1, -0.05) is 50.5 Å². The molecule has 0 saturated carbocycles. The fourth-order valence-electron chi connectivity index (χ4n) is 2.14. The maximum atomic E-state index is 5.68. The van der Waals surface area contributed by atoms with E-state index in [0.29, 0.717) is 5.41 Å². The van der Waals surface area contributed by atoms with E-state index in [0.717, 1.165) is 30.5 Å². The number of H-pyrrole nitrogens is 1. The van der Waals surface area contributed by atoms with Crippen molar-refractivity contribution in [2.24, 2.45) is 5.41 Å². The summed E-state index contributed by atoms with van der Waals surface area (Å²) in [7, 11) is 5.68. The largest absolute Gasteiger partial charge is 0.346 e. The van der Waals surface area contributed by atoms with Gasteiger partial charge in [0.2, 0.25) is 0 Å². The summed E-state index contributed by atoms with van der Waals surface area (Å²) >= 11 is 0. The highest BCUT2D eigenvalue weighted by Crippen LogP contribution is 2.19. The van der Waals surface area contributed by atoms with Gasteiger partial charge in [-0.15, -0.1) is 0 Å². The first-order valence-electron chi connectivity index (χ1n) is 6.79. The molecule has 2 rings (SSSR count). The average molecular weight is 252 g/mol. The lowest BCUT2D eigenvalue weighted by atomic mass is 9.91. The SMILES string of the molecule is [B]c1ccc(CCc2ncc(CC(C)(C)C)[nH]2)cc1. The number of hydrogen-bond donors (Lipinski definition) is 1. The molecule has 0 saturated heterocycles. The van der Waals surface area contributed by atoms with E-state index in [2.05, 4.69) is 42.9 Å². The molecule has 2 nitrogen and oxygen atoms in total. The zero-order valence-corrected chi connectivity index (χ0v) is 12.0. The molecule has 19 heavy (non-hydrogen) atoms. The Morgan fingerprint density at radius 2 is 1.79 bits per heavy atom. The van der Waals surface area contributed by atoms with Crippen LogP contribution in [0.3, 0.4) is 0 Å². The molecule has 0 bridgehead atoms. The highest BCUT2D eigenvalue weighted by molar-refractivity contribution is 6.32. The first-order valence-corrected chi connectivity index (χ1v) is 6.79. The molecule has 98 valence electrons. The molecule has 0 fully saturated rings. The number of aryl methyl sites for hydroxylation is 2. The number of rotatable bonds is 4. The normalized spacial score (nSPS) is 11.7. The van der Waals surface area contributed by atoms with Crippen molar-refractivity contribution in [3.63, 3.8) is 0 Å². The molecule has 1 aromatic heterocycles. The van der Waals surface area contributed by atoms with E-state index in [-0.39, 0.29) is 0 Å². The lowest BCUT2D eigenvalue weighted by Gasteiger charge is -2.16. The maximum Gasteiger partial charge on any atom is 0.113 e. The van der Waals surface area contributed by atoms with Crippen molar-refractivity contribution in [1.82, 2.24) is 9.97 Å². The van der Waals surface area contributed by atoms with E-state index >= 15 is 0 Å². The van der Waals surface area contributed by atoms with Crippen molar-refractivity contribution in [3.8, 4) is 0 Å². The number of imidazole rings is 1. The summed E-state index contributed by atoms with van der Waals surface area (Å²) in [5, 5.41) is 0. The van der Waals surface area contributed by atoms with Crippen LogP contribution in [0.2, 0.25) is 0 Å². The van der Waals surface area contributed by atoms with E-state index in [1.54, 1.807) is 0 Å². The van der Waals surface area contributed by atoms with Crippen molar-refractivity contribution in [2.75, 3.05) is 0 Å². The Balaban J connectivity index is 1.91. The first-order chi connectivity index (χ1) is 8.92. The molecule has 1 aromatic carbocycles. The van der Waals surface area contributed by atoms with Crippen molar-refractivity contribution in [3.05, 3.63) is 47.5 Å². The molecule has 2 aromatic rings. The smallest absolute Gasteiger partial charge is 0.113 e. The molecular weight excluding hydrogens is 231 g/mol. The number of aromatic nitrogens is 2. The van der Waals surface area contributed by atoms with Crippen LogP contribution in [0.15, 0.2) is 30.5 Å². The van der Waals surface area contributed by atoms with Gasteiger partial charge in [0, 0.05) is 18.3 Å². The monoisotopic (exact) mass is 252 g/mol. The van der Waals surface area contributed by atoms with Gasteiger partial charge in [-0.3, -0.25) is 0 Å². The number of aromatic amines is 1. The number of hydrogen-bond acceptors (Lipinski definition) is 1. The third-order valence-electron chi connectivity index (χ3n) is 3.03. The molecule has 1 N–H and O–H groups in total. The zero-order valence-electron chi connectivity index (χ0n) is 12.0. The van der Waals surface area contributed by atoms with Crippen LogP contribution < -0.4 is 5.46 Å². The van der Waals surface area contributed by atoms with Gasteiger partial charge in [-0.2, -0.15) is 0 Å². The molecule has 0 aliphatic carbocycles. The Hall–Kier alpha value is -1.51. The second kappa shape index (κ2) is 5.64. The van der Waals surface area contributed by atoms with Gasteiger partial charge in [0.15, 0.2) is 0 Å². The molecule has 1 heterocycles. The van der Waals surface area contributed by atoms with E-state index in [9.17, 15) is 0 Å². The van der Waals surface area contributed by atoms with Crippen LogP contribution in [0.5, 0.6) is 0 Å². The standard InChI is InChI=1S/C16H21BN2/c1-16(2,3)10-14-11-18-15(19-14)9-6-12-4-7-13(17)8-5-12/h4-5,7-8,11H,6,9-10H2,1-3H3,(H,18,19). The minimum atomic E-state index is 0.292. The summed E-state index contributed by atoms with van der Waals surface area (Å²) in [5.41, 5.74) is 3.62. The van der Waals surface area contributed by atoms with Crippen LogP contribution in [0.1, 0.15) is 37.9 Å². The third-order valence-corrected chi connectivity index (χ3v) is 3.03. The highest BCUT2D eigenvalue weighted by Gasteiger charge is 2.13. The van der Waals surface area contributed by atoms with E-state index in [1.165, 1.54) is 11.3 Å². The predicted octanol–water partition coefficient (Wildman–Crippen LogP) is 2.58. The van der Waals surface area contributed by atoms with Gasteiger partial charge < -0.3 is 4.98 Å². The van der Waals surface area contributed by atoms with Crippen LogP contribution in [-0.4, -0.2) is 17.8 Å². The molecule has 0 atom stereocenters. The third kappa shape index (κ3) is 4.58. The summed E-state index contributed by atoms with van der Waals surface area (Å²) in [6.07, 6.45) is 4.92. The number of nitrogens with one attached hydrogen (secondary N) is 1. The molecule has 0 amide bonds. The predicted molar refractivity (Wildman–Crippen MR) is 81.0 cm³/mol. The van der Waals surface area contributed by atoms with Gasteiger partial charge in [0.05, 0.1) is 0 Å². The van der Waals surface area contributed by atoms with Gasteiger partial charge in [0.25, 0.3) is 0 Å². The molecule has 0 unspecified atom stereocenters. The van der Waals surface area contributed by atoms with E-state index in [1.807, 2.05) is 18.3 Å². The topological polar surface area (TPSA) is 28.7 Å². The second-order valence-electron chi connectivity index (χ2n) is 6.33. The van der Waals surface area contributed by atoms with Gasteiger partial charge >= 0.3 is 0 Å². The first kappa shape index (κ1) is 13.9. The molecule has 0 spiro atoms. The summed E-state index contributed by atoms with van der Waals surface area (Å²) in [6, 6.07) is 8.05. The Morgan fingerprint density at radius 3 is 2.42 bits per heavy atom. The lowest BCUT2D eigenvalue weighted by Crippen LogP contribution is -2.09. The minimum absolute atomic E-state index is 0.292. The van der Waals surface area contributed by atoms with Crippen molar-refractivity contribution in [1.29, 1.82) is 0 Å². The summed E-state index contributed by atoms with van der Waals surface area (Å²) in [6.45, 7) is 6.71. The zero-order chi connectivity index (χ0) is 13.9. The fraction of sp³-hybridized carbons (Fsp3) is 0.438. The Bertz CT molecular complexity index is 520. The van der Waals surface area contributed by atoms with Crippen LogP contribution in [0.25, 0.3) is 0 Å². The molecular formula is C16H21BN2. The lowest BCUT2D eigenvalue weighted by molar-refractivity contribution is 0.407. The summed E-state index contributed by atoms with van der Waals surface area (Å²) in [4.78, 5) is 7.87.